The van der Waals surface area contributed by atoms with Crippen LogP contribution in [-0.4, -0.2) is 62.5 Å². The number of benzene rings is 1. The smallest absolute Gasteiger partial charge is 0.283 e. The average Bonchev–Trinajstić information content (AvgIpc) is 3.41. The molecule has 0 spiro atoms. The number of carbonyl (C=O) groups excluding carboxylic acids is 2. The summed E-state index contributed by atoms with van der Waals surface area (Å²) in [5.41, 5.74) is 3.84. The maximum Gasteiger partial charge on any atom is 0.283 e. The summed E-state index contributed by atoms with van der Waals surface area (Å²) in [6.45, 7) is 5.51. The first-order valence-corrected chi connectivity index (χ1v) is 12.8. The highest BCUT2D eigenvalue weighted by Crippen LogP contribution is 2.31. The van der Waals surface area contributed by atoms with Crippen molar-refractivity contribution < 1.29 is 14.3 Å². The van der Waals surface area contributed by atoms with Crippen LogP contribution in [0.15, 0.2) is 46.0 Å². The van der Waals surface area contributed by atoms with E-state index in [-0.39, 0.29) is 23.7 Å². The van der Waals surface area contributed by atoms with Crippen molar-refractivity contribution in [2.45, 2.75) is 39.5 Å². The van der Waals surface area contributed by atoms with E-state index in [0.717, 1.165) is 60.7 Å². The van der Waals surface area contributed by atoms with Crippen LogP contribution in [0.2, 0.25) is 0 Å². The summed E-state index contributed by atoms with van der Waals surface area (Å²) in [6.07, 6.45) is 5.05. The van der Waals surface area contributed by atoms with Crippen molar-refractivity contribution in [3.63, 3.8) is 0 Å². The van der Waals surface area contributed by atoms with Gasteiger partial charge in [0.15, 0.2) is 5.84 Å². The summed E-state index contributed by atoms with van der Waals surface area (Å²) in [5, 5.41) is 15.4. The second kappa shape index (κ2) is 9.77. The van der Waals surface area contributed by atoms with Gasteiger partial charge in [0, 0.05) is 36.2 Å². The highest BCUT2D eigenvalue weighted by atomic mass is 32.2. The molecule has 1 fully saturated rings. The third-order valence-electron chi connectivity index (χ3n) is 6.59. The number of aliphatic imine (C=N–C) groups is 1. The molecule has 0 unspecified atom stereocenters. The van der Waals surface area contributed by atoms with Crippen LogP contribution in [-0.2, 0) is 9.59 Å². The van der Waals surface area contributed by atoms with Crippen LogP contribution in [0, 0.1) is 19.3 Å². The van der Waals surface area contributed by atoms with Crippen LogP contribution in [0.1, 0.15) is 42.6 Å². The van der Waals surface area contributed by atoms with Crippen LogP contribution in [0.4, 0.5) is 0 Å². The maximum atomic E-state index is 12.9. The fourth-order valence-electron chi connectivity index (χ4n) is 4.72. The molecule has 3 aliphatic heterocycles. The molecule has 36 heavy (non-hydrogen) atoms. The number of hydrogen-bond donors (Lipinski definition) is 1. The second-order valence-electron chi connectivity index (χ2n) is 9.00. The number of nitrogens with zero attached hydrogens (tertiary/aromatic N) is 5. The molecule has 186 valence electrons. The van der Waals surface area contributed by atoms with Gasteiger partial charge >= 0.3 is 0 Å². The van der Waals surface area contributed by atoms with E-state index in [1.54, 1.807) is 13.2 Å². The number of ether oxygens (including phenoxy) is 1. The number of amides is 2. The minimum absolute atomic E-state index is 0.0278. The van der Waals surface area contributed by atoms with Crippen molar-refractivity contribution >= 4 is 45.7 Å². The maximum absolute atomic E-state index is 12.9. The Balaban J connectivity index is 1.40. The van der Waals surface area contributed by atoms with Crippen molar-refractivity contribution in [2.24, 2.45) is 10.1 Å². The second-order valence-corrected chi connectivity index (χ2v) is 10.0. The first-order valence-electron chi connectivity index (χ1n) is 12.0. The van der Waals surface area contributed by atoms with Gasteiger partial charge in [0.2, 0.25) is 11.1 Å². The summed E-state index contributed by atoms with van der Waals surface area (Å²) in [6, 6.07) is 9.74. The summed E-state index contributed by atoms with van der Waals surface area (Å²) >= 11 is 1.19. The summed E-state index contributed by atoms with van der Waals surface area (Å²) in [5.74, 6) is 0.262. The zero-order valence-corrected chi connectivity index (χ0v) is 21.4. The number of likely N-dealkylation sites (tertiary alicyclic amines) is 1. The molecule has 4 heterocycles. The fraction of sp³-hybridized carbons (Fsp3) is 0.346. The van der Waals surface area contributed by atoms with E-state index in [4.69, 9.17) is 10.1 Å². The number of aromatic nitrogens is 1. The third-order valence-corrected chi connectivity index (χ3v) is 7.50. The Bertz CT molecular complexity index is 1350. The first-order chi connectivity index (χ1) is 17.4. The molecule has 0 atom stereocenters. The normalized spacial score (nSPS) is 18.9. The van der Waals surface area contributed by atoms with E-state index in [2.05, 4.69) is 14.7 Å². The quantitative estimate of drug-likeness (QED) is 0.617. The molecule has 0 saturated carbocycles. The van der Waals surface area contributed by atoms with Gasteiger partial charge in [0.1, 0.15) is 10.8 Å². The first kappa shape index (κ1) is 24.1. The molecule has 3 aliphatic rings. The lowest BCUT2D eigenvalue weighted by Gasteiger charge is -2.26. The van der Waals surface area contributed by atoms with Crippen LogP contribution < -0.4 is 4.74 Å². The van der Waals surface area contributed by atoms with Gasteiger partial charge in [-0.1, -0.05) is 6.07 Å². The highest BCUT2D eigenvalue weighted by Gasteiger charge is 2.36. The van der Waals surface area contributed by atoms with Gasteiger partial charge in [-0.3, -0.25) is 15.0 Å². The van der Waals surface area contributed by atoms with Crippen molar-refractivity contribution in [3.05, 3.63) is 52.9 Å². The zero-order valence-electron chi connectivity index (χ0n) is 20.6. The molecular formula is C26H28N6O3S. The van der Waals surface area contributed by atoms with Crippen LogP contribution in [0.25, 0.3) is 11.8 Å². The molecular weight excluding hydrogens is 476 g/mol. The average molecular weight is 505 g/mol. The minimum Gasteiger partial charge on any atom is -0.497 e. The summed E-state index contributed by atoms with van der Waals surface area (Å²) < 4.78 is 7.44. The van der Waals surface area contributed by atoms with Crippen LogP contribution >= 0.6 is 11.8 Å². The predicted molar refractivity (Wildman–Crippen MR) is 142 cm³/mol. The molecule has 1 saturated heterocycles. The number of hydrogen-bond acceptors (Lipinski definition) is 6. The van der Waals surface area contributed by atoms with Gasteiger partial charge in [-0.2, -0.15) is 15.1 Å². The largest absolute Gasteiger partial charge is 0.497 e. The Labute approximate surface area is 214 Å². The third kappa shape index (κ3) is 4.48. The zero-order chi connectivity index (χ0) is 25.4. The lowest BCUT2D eigenvalue weighted by atomic mass is 10.1. The Hall–Kier alpha value is -3.66. The van der Waals surface area contributed by atoms with Crippen molar-refractivity contribution in [1.82, 2.24) is 14.5 Å². The number of methoxy groups -OCH3 is 1. The molecule has 0 radical (unpaired) electrons. The number of thioether (sulfide) groups is 1. The van der Waals surface area contributed by atoms with E-state index < -0.39 is 5.91 Å². The molecule has 0 bridgehead atoms. The topological polar surface area (TPSA) is 103 Å². The molecule has 2 aromatic rings. The van der Waals surface area contributed by atoms with E-state index in [0.29, 0.717) is 10.2 Å². The van der Waals surface area contributed by atoms with Gasteiger partial charge in [0.05, 0.1) is 19.1 Å². The number of fused-ring (bicyclic) bond motifs is 1. The number of piperidine rings is 1. The number of nitrogens with one attached hydrogen (secondary N) is 1. The van der Waals surface area contributed by atoms with Crippen molar-refractivity contribution in [3.8, 4) is 11.4 Å². The number of rotatable bonds is 5. The minimum atomic E-state index is -0.483. The SMILES string of the molecule is COc1cccc(-n2c(C)cc(/C=C3/C(=N)N4N=C(CC(=O)N5CCCCC5)SC4=NC3=O)c2C)c1. The fourth-order valence-corrected chi connectivity index (χ4v) is 5.60. The number of aryl methyl sites for hydroxylation is 1. The number of carbonyl (C=O) groups is 2. The molecule has 2 amide bonds. The Morgan fingerprint density at radius 3 is 2.72 bits per heavy atom. The van der Waals surface area contributed by atoms with Gasteiger partial charge in [-0.05, 0) is 74.7 Å². The molecule has 1 aromatic heterocycles. The molecule has 10 heteroatoms. The molecule has 1 N–H and O–H groups in total. The van der Waals surface area contributed by atoms with Crippen LogP contribution in [0.5, 0.6) is 5.75 Å². The van der Waals surface area contributed by atoms with Crippen LogP contribution in [0.3, 0.4) is 0 Å². The molecule has 0 aliphatic carbocycles. The predicted octanol–water partition coefficient (Wildman–Crippen LogP) is 4.12. The highest BCUT2D eigenvalue weighted by molar-refractivity contribution is 8.27. The lowest BCUT2D eigenvalue weighted by Crippen LogP contribution is -2.36. The Morgan fingerprint density at radius 2 is 1.97 bits per heavy atom. The number of amidine groups is 2. The van der Waals surface area contributed by atoms with Gasteiger partial charge in [-0.15, -0.1) is 0 Å². The lowest BCUT2D eigenvalue weighted by molar-refractivity contribution is -0.130. The Kier molecular flexibility index (Phi) is 6.53. The van der Waals surface area contributed by atoms with Gasteiger partial charge < -0.3 is 14.2 Å². The van der Waals surface area contributed by atoms with E-state index >= 15 is 0 Å². The molecule has 5 rings (SSSR count). The number of hydrazone groups is 1. The molecule has 1 aromatic carbocycles. The monoisotopic (exact) mass is 504 g/mol. The van der Waals surface area contributed by atoms with E-state index in [9.17, 15) is 9.59 Å². The van der Waals surface area contributed by atoms with E-state index in [1.807, 2.05) is 49.1 Å². The van der Waals surface area contributed by atoms with Gasteiger partial charge in [0.25, 0.3) is 5.91 Å². The Morgan fingerprint density at radius 1 is 1.19 bits per heavy atom. The van der Waals surface area contributed by atoms with E-state index in [1.165, 1.54) is 16.8 Å². The van der Waals surface area contributed by atoms with Crippen molar-refractivity contribution in [2.75, 3.05) is 20.2 Å². The van der Waals surface area contributed by atoms with Gasteiger partial charge in [-0.25, -0.2) is 0 Å². The summed E-state index contributed by atoms with van der Waals surface area (Å²) in [4.78, 5) is 31.6. The summed E-state index contributed by atoms with van der Waals surface area (Å²) in [7, 11) is 1.63. The standard InChI is InChI=1S/C26H28N6O3S/c1-16-12-18(17(2)31(16)19-8-7-9-20(14-19)35-3)13-21-24(27)32-26(28-25(21)34)36-22(29-32)15-23(33)30-10-5-4-6-11-30/h7-9,12-14,27H,4-6,10-11,15H2,1-3H3/b21-13-,27-24?. The van der Waals surface area contributed by atoms with Crippen molar-refractivity contribution in [1.29, 1.82) is 5.41 Å². The molecule has 9 nitrogen and oxygen atoms in total.